The molecule has 0 fully saturated rings. The van der Waals surface area contributed by atoms with Gasteiger partial charge in [0.15, 0.2) is 0 Å². The Hall–Kier alpha value is -1.81. The molecule has 2 N–H and O–H groups in total. The summed E-state index contributed by atoms with van der Waals surface area (Å²) in [5.74, 6) is 0.0929. The number of aryl methyl sites for hydroxylation is 1. The first-order chi connectivity index (χ1) is 7.72. The van der Waals surface area contributed by atoms with Crippen LogP contribution >= 0.6 is 0 Å². The van der Waals surface area contributed by atoms with Crippen molar-refractivity contribution in [2.75, 3.05) is 6.61 Å². The van der Waals surface area contributed by atoms with Gasteiger partial charge < -0.3 is 14.6 Å². The second-order valence-electron chi connectivity index (χ2n) is 3.56. The van der Waals surface area contributed by atoms with Crippen molar-refractivity contribution in [1.29, 1.82) is 0 Å². The van der Waals surface area contributed by atoms with E-state index in [0.29, 0.717) is 24.0 Å². The summed E-state index contributed by atoms with van der Waals surface area (Å²) in [6.45, 7) is 0.0346. The molecule has 1 aromatic heterocycles. The molecule has 2 aromatic rings. The van der Waals surface area contributed by atoms with Crippen LogP contribution in [0.2, 0.25) is 0 Å². The van der Waals surface area contributed by atoms with E-state index in [-0.39, 0.29) is 12.4 Å². The Morgan fingerprint density at radius 2 is 1.94 bits per heavy atom. The second-order valence-corrected chi connectivity index (χ2v) is 3.56. The molecule has 0 aliphatic heterocycles. The van der Waals surface area contributed by atoms with Crippen molar-refractivity contribution in [3.05, 3.63) is 40.2 Å². The van der Waals surface area contributed by atoms with Gasteiger partial charge in [0, 0.05) is 23.6 Å². The van der Waals surface area contributed by atoms with Crippen LogP contribution in [0.15, 0.2) is 33.5 Å². The molecule has 4 heteroatoms. The fraction of sp³-hybridized carbons (Fsp3) is 0.250. The predicted octanol–water partition coefficient (Wildman–Crippen LogP) is 1.42. The van der Waals surface area contributed by atoms with Gasteiger partial charge in [0.2, 0.25) is 0 Å². The van der Waals surface area contributed by atoms with E-state index in [2.05, 4.69) is 0 Å². The zero-order valence-electron chi connectivity index (χ0n) is 8.64. The fourth-order valence-electron chi connectivity index (χ4n) is 1.68. The quantitative estimate of drug-likeness (QED) is 0.767. The summed E-state index contributed by atoms with van der Waals surface area (Å²) in [7, 11) is 0. The summed E-state index contributed by atoms with van der Waals surface area (Å²) >= 11 is 0. The second kappa shape index (κ2) is 4.37. The maximum Gasteiger partial charge on any atom is 0.336 e. The van der Waals surface area contributed by atoms with E-state index in [1.54, 1.807) is 18.2 Å². The Labute approximate surface area is 91.8 Å². The maximum atomic E-state index is 11.1. The lowest BCUT2D eigenvalue weighted by atomic mass is 10.1. The highest BCUT2D eigenvalue weighted by Gasteiger charge is 2.09. The highest BCUT2D eigenvalue weighted by Crippen LogP contribution is 2.27. The van der Waals surface area contributed by atoms with Gasteiger partial charge in [0.05, 0.1) is 0 Å². The molecule has 1 aromatic carbocycles. The van der Waals surface area contributed by atoms with Crippen molar-refractivity contribution in [2.45, 2.75) is 12.8 Å². The SMILES string of the molecule is O=c1ccc2ccc(O)c(CCCO)c2o1. The molecular formula is C12H12O4. The van der Waals surface area contributed by atoms with Crippen LogP contribution in [0.5, 0.6) is 5.75 Å². The number of fused-ring (bicyclic) bond motifs is 1. The summed E-state index contributed by atoms with van der Waals surface area (Å²) in [4.78, 5) is 11.1. The van der Waals surface area contributed by atoms with Crippen LogP contribution in [-0.2, 0) is 6.42 Å². The highest BCUT2D eigenvalue weighted by atomic mass is 16.4. The van der Waals surface area contributed by atoms with Gasteiger partial charge in [-0.2, -0.15) is 0 Å². The molecule has 0 saturated carbocycles. The number of phenolic OH excluding ortho intramolecular Hbond substituents is 1. The lowest BCUT2D eigenvalue weighted by Gasteiger charge is -2.06. The first kappa shape index (κ1) is 10.7. The molecular weight excluding hydrogens is 208 g/mol. The van der Waals surface area contributed by atoms with Crippen LogP contribution in [0.25, 0.3) is 11.0 Å². The first-order valence-corrected chi connectivity index (χ1v) is 5.08. The standard InChI is InChI=1S/C12H12O4/c13-7-1-2-9-10(14)5-3-8-4-6-11(15)16-12(8)9/h3-6,13-14H,1-2,7H2. The minimum atomic E-state index is -0.441. The third kappa shape index (κ3) is 1.92. The summed E-state index contributed by atoms with van der Waals surface area (Å²) in [6, 6.07) is 6.25. The Kier molecular flexibility index (Phi) is 2.92. The number of hydrogen-bond donors (Lipinski definition) is 2. The first-order valence-electron chi connectivity index (χ1n) is 5.08. The van der Waals surface area contributed by atoms with Crippen molar-refractivity contribution in [2.24, 2.45) is 0 Å². The van der Waals surface area contributed by atoms with Crippen molar-refractivity contribution in [3.8, 4) is 5.75 Å². The van der Waals surface area contributed by atoms with E-state index >= 15 is 0 Å². The number of aromatic hydroxyl groups is 1. The van der Waals surface area contributed by atoms with E-state index in [9.17, 15) is 9.90 Å². The van der Waals surface area contributed by atoms with Gasteiger partial charge in [0.1, 0.15) is 11.3 Å². The lowest BCUT2D eigenvalue weighted by Crippen LogP contribution is -1.98. The molecule has 16 heavy (non-hydrogen) atoms. The number of aliphatic hydroxyl groups is 1. The maximum absolute atomic E-state index is 11.1. The average Bonchev–Trinajstić information content (AvgIpc) is 2.28. The minimum absolute atomic E-state index is 0.0346. The monoisotopic (exact) mass is 220 g/mol. The molecule has 0 spiro atoms. The van der Waals surface area contributed by atoms with E-state index in [0.717, 1.165) is 5.39 Å². The van der Waals surface area contributed by atoms with Gasteiger partial charge in [-0.05, 0) is 31.0 Å². The number of hydrogen-bond acceptors (Lipinski definition) is 4. The lowest BCUT2D eigenvalue weighted by molar-refractivity contribution is 0.288. The molecule has 0 bridgehead atoms. The van der Waals surface area contributed by atoms with Crippen LogP contribution in [0.1, 0.15) is 12.0 Å². The van der Waals surface area contributed by atoms with Crippen LogP contribution in [0, 0.1) is 0 Å². The van der Waals surface area contributed by atoms with Gasteiger partial charge >= 0.3 is 5.63 Å². The summed E-state index contributed by atoms with van der Waals surface area (Å²) in [6.07, 6.45) is 0.998. The normalized spacial score (nSPS) is 10.8. The fourth-order valence-corrected chi connectivity index (χ4v) is 1.68. The molecule has 0 saturated heterocycles. The number of phenols is 1. The van der Waals surface area contributed by atoms with Crippen LogP contribution < -0.4 is 5.63 Å². The molecule has 0 atom stereocenters. The molecule has 1 heterocycles. The van der Waals surface area contributed by atoms with E-state index in [1.165, 1.54) is 6.07 Å². The van der Waals surface area contributed by atoms with Crippen molar-refractivity contribution in [3.63, 3.8) is 0 Å². The summed E-state index contributed by atoms with van der Waals surface area (Å²) in [5.41, 5.74) is 0.536. The zero-order valence-corrected chi connectivity index (χ0v) is 8.64. The van der Waals surface area contributed by atoms with Crippen LogP contribution in [0.3, 0.4) is 0 Å². The molecule has 4 nitrogen and oxygen atoms in total. The summed E-state index contributed by atoms with van der Waals surface area (Å²) in [5, 5.41) is 19.2. The number of benzene rings is 1. The topological polar surface area (TPSA) is 70.7 Å². The van der Waals surface area contributed by atoms with Gasteiger partial charge in [0.25, 0.3) is 0 Å². The number of rotatable bonds is 3. The van der Waals surface area contributed by atoms with Gasteiger partial charge in [-0.15, -0.1) is 0 Å². The predicted molar refractivity (Wildman–Crippen MR) is 59.6 cm³/mol. The van der Waals surface area contributed by atoms with E-state index in [4.69, 9.17) is 9.52 Å². The highest BCUT2D eigenvalue weighted by molar-refractivity contribution is 5.81. The van der Waals surface area contributed by atoms with Crippen molar-refractivity contribution >= 4 is 11.0 Å². The number of aliphatic hydroxyl groups excluding tert-OH is 1. The van der Waals surface area contributed by atoms with E-state index in [1.807, 2.05) is 0 Å². The Balaban J connectivity index is 2.62. The molecule has 2 rings (SSSR count). The Bertz CT molecular complexity index is 556. The third-order valence-electron chi connectivity index (χ3n) is 2.45. The molecule has 0 amide bonds. The van der Waals surface area contributed by atoms with Crippen LogP contribution in [-0.4, -0.2) is 16.8 Å². The van der Waals surface area contributed by atoms with E-state index < -0.39 is 5.63 Å². The van der Waals surface area contributed by atoms with Gasteiger partial charge in [-0.1, -0.05) is 0 Å². The molecule has 0 aliphatic rings. The van der Waals surface area contributed by atoms with Crippen molar-refractivity contribution < 1.29 is 14.6 Å². The largest absolute Gasteiger partial charge is 0.508 e. The Morgan fingerprint density at radius 1 is 1.19 bits per heavy atom. The molecule has 84 valence electrons. The smallest absolute Gasteiger partial charge is 0.336 e. The third-order valence-corrected chi connectivity index (χ3v) is 2.45. The van der Waals surface area contributed by atoms with Crippen LogP contribution in [0.4, 0.5) is 0 Å². The van der Waals surface area contributed by atoms with Gasteiger partial charge in [-0.3, -0.25) is 0 Å². The van der Waals surface area contributed by atoms with Gasteiger partial charge in [-0.25, -0.2) is 4.79 Å². The molecule has 0 aliphatic carbocycles. The minimum Gasteiger partial charge on any atom is -0.508 e. The van der Waals surface area contributed by atoms with Crippen molar-refractivity contribution in [1.82, 2.24) is 0 Å². The Morgan fingerprint density at radius 3 is 2.69 bits per heavy atom. The molecule has 0 unspecified atom stereocenters. The average molecular weight is 220 g/mol. The zero-order chi connectivity index (χ0) is 11.5. The molecule has 0 radical (unpaired) electrons. The summed E-state index contributed by atoms with van der Waals surface area (Å²) < 4.78 is 5.07.